The summed E-state index contributed by atoms with van der Waals surface area (Å²) in [7, 11) is 0. The van der Waals surface area contributed by atoms with E-state index in [0.29, 0.717) is 11.5 Å². The SMILES string of the molecule is Cc1nnc2n1C1(CCNCC1)CC2C. The molecule has 2 aliphatic heterocycles. The Bertz CT molecular complexity index is 376. The van der Waals surface area contributed by atoms with E-state index < -0.39 is 0 Å². The number of hydrogen-bond donors (Lipinski definition) is 1. The van der Waals surface area contributed by atoms with Gasteiger partial charge in [0.1, 0.15) is 11.6 Å². The first kappa shape index (κ1) is 9.33. The fourth-order valence-electron chi connectivity index (χ4n) is 3.36. The summed E-state index contributed by atoms with van der Waals surface area (Å²) in [6.45, 7) is 6.61. The van der Waals surface area contributed by atoms with Crippen LogP contribution in [-0.2, 0) is 5.54 Å². The molecule has 1 aromatic rings. The molecule has 82 valence electrons. The van der Waals surface area contributed by atoms with Crippen molar-refractivity contribution in [1.29, 1.82) is 0 Å². The summed E-state index contributed by atoms with van der Waals surface area (Å²) < 4.78 is 2.42. The molecular formula is C11H18N4. The largest absolute Gasteiger partial charge is 0.317 e. The molecule has 1 aromatic heterocycles. The van der Waals surface area contributed by atoms with E-state index in [1.165, 1.54) is 25.1 Å². The van der Waals surface area contributed by atoms with E-state index in [1.807, 2.05) is 0 Å². The molecule has 0 aromatic carbocycles. The van der Waals surface area contributed by atoms with Crippen LogP contribution in [0.4, 0.5) is 0 Å². The van der Waals surface area contributed by atoms with Crippen LogP contribution in [0, 0.1) is 6.92 Å². The van der Waals surface area contributed by atoms with E-state index in [2.05, 4.69) is 33.9 Å². The van der Waals surface area contributed by atoms with Gasteiger partial charge >= 0.3 is 0 Å². The van der Waals surface area contributed by atoms with Crippen LogP contribution in [0.2, 0.25) is 0 Å². The number of hydrogen-bond acceptors (Lipinski definition) is 3. The minimum absolute atomic E-state index is 0.327. The number of aryl methyl sites for hydroxylation is 1. The first-order valence-electron chi connectivity index (χ1n) is 5.86. The van der Waals surface area contributed by atoms with Crippen molar-refractivity contribution in [2.24, 2.45) is 0 Å². The van der Waals surface area contributed by atoms with E-state index in [1.54, 1.807) is 0 Å². The third-order valence-corrected chi connectivity index (χ3v) is 3.99. The molecule has 4 nitrogen and oxygen atoms in total. The van der Waals surface area contributed by atoms with Gasteiger partial charge in [0.25, 0.3) is 0 Å². The predicted octanol–water partition coefficient (Wildman–Crippen LogP) is 1.17. The van der Waals surface area contributed by atoms with Gasteiger partial charge in [-0.25, -0.2) is 0 Å². The highest BCUT2D eigenvalue weighted by molar-refractivity contribution is 5.15. The van der Waals surface area contributed by atoms with Crippen molar-refractivity contribution in [1.82, 2.24) is 20.1 Å². The zero-order valence-corrected chi connectivity index (χ0v) is 9.45. The fraction of sp³-hybridized carbons (Fsp3) is 0.818. The smallest absolute Gasteiger partial charge is 0.136 e. The Labute approximate surface area is 90.1 Å². The molecule has 2 aliphatic rings. The second kappa shape index (κ2) is 3.04. The normalized spacial score (nSPS) is 28.3. The molecule has 4 heteroatoms. The van der Waals surface area contributed by atoms with Gasteiger partial charge in [0.2, 0.25) is 0 Å². The Kier molecular flexibility index (Phi) is 1.89. The molecule has 1 N–H and O–H groups in total. The first-order chi connectivity index (χ1) is 7.23. The van der Waals surface area contributed by atoms with Crippen LogP contribution in [0.5, 0.6) is 0 Å². The molecule has 0 amide bonds. The number of piperidine rings is 1. The lowest BCUT2D eigenvalue weighted by Gasteiger charge is -2.36. The third-order valence-electron chi connectivity index (χ3n) is 3.99. The van der Waals surface area contributed by atoms with Gasteiger partial charge in [0, 0.05) is 5.92 Å². The van der Waals surface area contributed by atoms with Crippen LogP contribution in [0.25, 0.3) is 0 Å². The maximum absolute atomic E-state index is 4.32. The van der Waals surface area contributed by atoms with Crippen LogP contribution < -0.4 is 5.32 Å². The van der Waals surface area contributed by atoms with Crippen molar-refractivity contribution in [2.45, 2.75) is 44.6 Å². The van der Waals surface area contributed by atoms with Crippen molar-refractivity contribution in [2.75, 3.05) is 13.1 Å². The molecule has 1 fully saturated rings. The van der Waals surface area contributed by atoms with E-state index in [9.17, 15) is 0 Å². The zero-order valence-electron chi connectivity index (χ0n) is 9.45. The lowest BCUT2D eigenvalue weighted by atomic mass is 9.84. The molecule has 1 atom stereocenters. The molecule has 1 saturated heterocycles. The van der Waals surface area contributed by atoms with Crippen LogP contribution in [-0.4, -0.2) is 27.9 Å². The molecule has 3 heterocycles. The van der Waals surface area contributed by atoms with Crippen molar-refractivity contribution in [3.8, 4) is 0 Å². The number of nitrogens with zero attached hydrogens (tertiary/aromatic N) is 3. The average Bonchev–Trinajstić information content (AvgIpc) is 2.72. The van der Waals surface area contributed by atoms with Crippen molar-refractivity contribution < 1.29 is 0 Å². The molecule has 0 radical (unpaired) electrons. The summed E-state index contributed by atoms with van der Waals surface area (Å²) in [5.74, 6) is 2.87. The number of aromatic nitrogens is 3. The highest BCUT2D eigenvalue weighted by Gasteiger charge is 2.44. The zero-order chi connectivity index (χ0) is 10.5. The first-order valence-corrected chi connectivity index (χ1v) is 5.86. The Hall–Kier alpha value is -0.900. The molecule has 1 unspecified atom stereocenters. The highest BCUT2D eigenvalue weighted by Crippen LogP contribution is 2.45. The van der Waals surface area contributed by atoms with Gasteiger partial charge in [0.15, 0.2) is 0 Å². The number of rotatable bonds is 0. The maximum Gasteiger partial charge on any atom is 0.136 e. The Morgan fingerprint density at radius 1 is 1.33 bits per heavy atom. The van der Waals surface area contributed by atoms with Crippen LogP contribution in [0.15, 0.2) is 0 Å². The van der Waals surface area contributed by atoms with Gasteiger partial charge in [-0.2, -0.15) is 0 Å². The minimum Gasteiger partial charge on any atom is -0.317 e. The van der Waals surface area contributed by atoms with Crippen LogP contribution in [0.3, 0.4) is 0 Å². The van der Waals surface area contributed by atoms with Gasteiger partial charge in [-0.3, -0.25) is 0 Å². The van der Waals surface area contributed by atoms with E-state index >= 15 is 0 Å². The topological polar surface area (TPSA) is 42.7 Å². The Morgan fingerprint density at radius 2 is 2.07 bits per heavy atom. The quantitative estimate of drug-likeness (QED) is 0.693. The van der Waals surface area contributed by atoms with Gasteiger partial charge in [0.05, 0.1) is 5.54 Å². The highest BCUT2D eigenvalue weighted by atomic mass is 15.3. The van der Waals surface area contributed by atoms with Gasteiger partial charge in [-0.05, 0) is 39.3 Å². The van der Waals surface area contributed by atoms with Gasteiger partial charge in [-0.1, -0.05) is 6.92 Å². The molecule has 1 spiro atoms. The summed E-state index contributed by atoms with van der Waals surface area (Å²) in [6, 6.07) is 0. The van der Waals surface area contributed by atoms with Crippen LogP contribution in [0.1, 0.15) is 43.8 Å². The average molecular weight is 206 g/mol. The molecule has 0 aliphatic carbocycles. The summed E-state index contributed by atoms with van der Waals surface area (Å²) in [4.78, 5) is 0. The monoisotopic (exact) mass is 206 g/mol. The van der Waals surface area contributed by atoms with Crippen molar-refractivity contribution in [3.05, 3.63) is 11.6 Å². The second-order valence-electron chi connectivity index (χ2n) is 5.02. The standard InChI is InChI=1S/C11H18N4/c1-8-7-11(3-5-12-6-4-11)15-9(2)13-14-10(8)15/h8,12H,3-7H2,1-2H3. The van der Waals surface area contributed by atoms with Gasteiger partial charge in [-0.15, -0.1) is 10.2 Å². The number of fused-ring (bicyclic) bond motifs is 2. The third kappa shape index (κ3) is 1.17. The molecule has 3 rings (SSSR count). The van der Waals surface area contributed by atoms with Crippen LogP contribution >= 0.6 is 0 Å². The van der Waals surface area contributed by atoms with E-state index in [-0.39, 0.29) is 0 Å². The second-order valence-corrected chi connectivity index (χ2v) is 5.02. The van der Waals surface area contributed by atoms with E-state index in [4.69, 9.17) is 0 Å². The van der Waals surface area contributed by atoms with Crippen molar-refractivity contribution in [3.63, 3.8) is 0 Å². The summed E-state index contributed by atoms with van der Waals surface area (Å²) in [5.41, 5.74) is 0.327. The Morgan fingerprint density at radius 3 is 2.80 bits per heavy atom. The summed E-state index contributed by atoms with van der Waals surface area (Å²) >= 11 is 0. The molecule has 15 heavy (non-hydrogen) atoms. The molecule has 0 bridgehead atoms. The summed E-state index contributed by atoms with van der Waals surface area (Å²) in [5, 5.41) is 12.0. The Balaban J connectivity index is 2.08. The maximum atomic E-state index is 4.32. The fourth-order valence-corrected chi connectivity index (χ4v) is 3.36. The van der Waals surface area contributed by atoms with E-state index in [0.717, 1.165) is 18.9 Å². The molecular weight excluding hydrogens is 188 g/mol. The lowest BCUT2D eigenvalue weighted by molar-refractivity contribution is 0.207. The summed E-state index contributed by atoms with van der Waals surface area (Å²) in [6.07, 6.45) is 3.70. The number of nitrogens with one attached hydrogen (secondary N) is 1. The van der Waals surface area contributed by atoms with Crippen molar-refractivity contribution >= 4 is 0 Å². The minimum atomic E-state index is 0.327. The van der Waals surface area contributed by atoms with Gasteiger partial charge < -0.3 is 9.88 Å². The predicted molar refractivity (Wildman–Crippen MR) is 57.9 cm³/mol. The lowest BCUT2D eigenvalue weighted by Crippen LogP contribution is -2.42. The molecule has 0 saturated carbocycles.